The quantitative estimate of drug-likeness (QED) is 0.0212. The lowest BCUT2D eigenvalue weighted by Crippen LogP contribution is -2.47. The smallest absolute Gasteiger partial charge is 0.306 e. The summed E-state index contributed by atoms with van der Waals surface area (Å²) in [5.41, 5.74) is 0. The Hall–Kier alpha value is -2.29. The van der Waals surface area contributed by atoms with Crippen molar-refractivity contribution in [1.29, 1.82) is 0 Å². The molecule has 0 aliphatic heterocycles. The maximum atomic E-state index is 13.5. The van der Waals surface area contributed by atoms with Gasteiger partial charge < -0.3 is 28.5 Å². The minimum atomic E-state index is -4.71. The highest BCUT2D eigenvalue weighted by atomic mass is 31.2. The summed E-state index contributed by atoms with van der Waals surface area (Å²) in [6.07, 6.45) is 71.9. The molecule has 10 heteroatoms. The zero-order valence-corrected chi connectivity index (χ0v) is 52.3. The van der Waals surface area contributed by atoms with Gasteiger partial charge in [-0.05, 0) is 76.7 Å². The normalized spacial score (nSPS) is 14.0. The summed E-state index contributed by atoms with van der Waals surface area (Å²) >= 11 is 0. The summed E-state index contributed by atoms with van der Waals surface area (Å²) in [5, 5.41) is 3.03. The molecular formula is C67H125N2O7P. The van der Waals surface area contributed by atoms with Gasteiger partial charge in [-0.3, -0.25) is 14.2 Å². The second-order valence-electron chi connectivity index (χ2n) is 23.3. The second kappa shape index (κ2) is 57.0. The van der Waals surface area contributed by atoms with E-state index in [1.165, 1.54) is 186 Å². The van der Waals surface area contributed by atoms with Crippen LogP contribution >= 0.6 is 7.82 Å². The summed E-state index contributed by atoms with van der Waals surface area (Å²) in [7, 11) is 1.17. The van der Waals surface area contributed by atoms with Gasteiger partial charge in [0.15, 0.2) is 0 Å². The second-order valence-corrected chi connectivity index (χ2v) is 24.7. The molecule has 0 aromatic rings. The fourth-order valence-electron chi connectivity index (χ4n) is 9.39. The fraction of sp³-hybridized carbons (Fsp3) is 0.821. The monoisotopic (exact) mass is 1100 g/mol. The van der Waals surface area contributed by atoms with E-state index in [4.69, 9.17) is 13.8 Å². The first kappa shape index (κ1) is 74.7. The summed E-state index contributed by atoms with van der Waals surface area (Å²) in [6, 6.07) is -0.900. The number of phosphoric ester groups is 1. The third-order valence-electron chi connectivity index (χ3n) is 14.5. The number of allylic oxidation sites excluding steroid dienone is 9. The third-order valence-corrected chi connectivity index (χ3v) is 15.4. The molecule has 0 rings (SSSR count). The van der Waals surface area contributed by atoms with E-state index >= 15 is 0 Å². The summed E-state index contributed by atoms with van der Waals surface area (Å²) < 4.78 is 30.3. The first-order valence-corrected chi connectivity index (χ1v) is 34.1. The van der Waals surface area contributed by atoms with Gasteiger partial charge in [-0.1, -0.05) is 275 Å². The topological polar surface area (TPSA) is 114 Å². The number of carbonyl (C=O) groups is 2. The van der Waals surface area contributed by atoms with E-state index in [9.17, 15) is 19.0 Å². The molecule has 0 heterocycles. The average Bonchev–Trinajstić information content (AvgIpc) is 3.39. The molecule has 0 fully saturated rings. The summed E-state index contributed by atoms with van der Waals surface area (Å²) in [4.78, 5) is 40.0. The van der Waals surface area contributed by atoms with Gasteiger partial charge in [-0.15, -0.1) is 0 Å². The van der Waals surface area contributed by atoms with E-state index in [0.29, 0.717) is 23.9 Å². The van der Waals surface area contributed by atoms with Crippen LogP contribution in [0.5, 0.6) is 0 Å². The molecule has 3 atom stereocenters. The Balaban J connectivity index is 5.19. The molecule has 0 radical (unpaired) electrons. The highest BCUT2D eigenvalue weighted by molar-refractivity contribution is 7.45. The predicted molar refractivity (Wildman–Crippen MR) is 330 cm³/mol. The lowest BCUT2D eigenvalue weighted by molar-refractivity contribution is -0.870. The number of rotatable bonds is 59. The molecule has 77 heavy (non-hydrogen) atoms. The SMILES string of the molecule is CCCCC/C=C\C/C=C\C/C=C\C/C=C\CCCCCC(=O)OC(/C=C/CCCCCCCCCCC)C(COP(=O)([O-])OCC[N+](C)(C)C)NC(=O)CCCCCCCCCCCCCCCCCCCCCCC. The van der Waals surface area contributed by atoms with Crippen LogP contribution in [0.1, 0.15) is 303 Å². The standard InChI is InChI=1S/C67H125N2O7P/c1-7-10-13-16-19-22-25-27-29-31-33-34-36-37-39-41-44-47-50-53-56-59-66(70)68-64(63-75-77(72,73)74-62-61-69(4,5)6)65(58-55-52-49-46-43-24-21-18-15-12-9-3)76-67(71)60-57-54-51-48-45-42-40-38-35-32-30-28-26-23-20-17-14-11-8-2/h20,23,28,30,35,38,42,45,55,58,64-65H,7-19,21-22,24-27,29,31-34,36-37,39-41,43-44,46-54,56-57,59-63H2,1-6H3,(H-,68,70,72,73)/b23-20-,30-28-,38-35-,45-42-,58-55+. The molecule has 0 aliphatic rings. The lowest BCUT2D eigenvalue weighted by atomic mass is 10.0. The highest BCUT2D eigenvalue weighted by Gasteiger charge is 2.27. The Labute approximate surface area is 477 Å². The highest BCUT2D eigenvalue weighted by Crippen LogP contribution is 2.38. The van der Waals surface area contributed by atoms with Crippen LogP contribution in [0.4, 0.5) is 0 Å². The third kappa shape index (κ3) is 58.2. The number of ether oxygens (including phenoxy) is 1. The molecule has 0 bridgehead atoms. The number of hydrogen-bond donors (Lipinski definition) is 1. The summed E-state index contributed by atoms with van der Waals surface area (Å²) in [5.74, 6) is -0.568. The molecule has 0 saturated heterocycles. The van der Waals surface area contributed by atoms with Crippen LogP contribution in [0.3, 0.4) is 0 Å². The Kier molecular flexibility index (Phi) is 55.3. The molecule has 1 N–H and O–H groups in total. The van der Waals surface area contributed by atoms with Gasteiger partial charge in [-0.25, -0.2) is 0 Å². The van der Waals surface area contributed by atoms with Crippen molar-refractivity contribution in [2.75, 3.05) is 40.9 Å². The van der Waals surface area contributed by atoms with Crippen molar-refractivity contribution in [2.24, 2.45) is 0 Å². The van der Waals surface area contributed by atoms with Crippen molar-refractivity contribution < 1.29 is 37.3 Å². The molecule has 3 unspecified atom stereocenters. The van der Waals surface area contributed by atoms with Crippen LogP contribution in [0, 0.1) is 0 Å². The van der Waals surface area contributed by atoms with Gasteiger partial charge >= 0.3 is 5.97 Å². The predicted octanol–water partition coefficient (Wildman–Crippen LogP) is 19.6. The lowest BCUT2D eigenvalue weighted by Gasteiger charge is -2.30. The van der Waals surface area contributed by atoms with Crippen LogP contribution in [0.25, 0.3) is 0 Å². The molecule has 1 amide bonds. The van der Waals surface area contributed by atoms with E-state index in [-0.39, 0.29) is 24.9 Å². The molecule has 0 spiro atoms. The zero-order chi connectivity index (χ0) is 56.4. The van der Waals surface area contributed by atoms with Gasteiger partial charge in [0.2, 0.25) is 5.91 Å². The minimum absolute atomic E-state index is 0.0275. The van der Waals surface area contributed by atoms with Crippen molar-refractivity contribution in [3.05, 3.63) is 60.8 Å². The van der Waals surface area contributed by atoms with Crippen LogP contribution in [0.2, 0.25) is 0 Å². The number of quaternary nitrogens is 1. The largest absolute Gasteiger partial charge is 0.756 e. The average molecular weight is 1100 g/mol. The van der Waals surface area contributed by atoms with E-state index < -0.39 is 26.6 Å². The molecule has 0 aliphatic carbocycles. The Morgan fingerprint density at radius 1 is 0.455 bits per heavy atom. The molecule has 0 saturated carbocycles. The van der Waals surface area contributed by atoms with Gasteiger partial charge in [0, 0.05) is 12.8 Å². The van der Waals surface area contributed by atoms with E-state index in [1.807, 2.05) is 33.3 Å². The Morgan fingerprint density at radius 3 is 1.22 bits per heavy atom. The van der Waals surface area contributed by atoms with E-state index in [0.717, 1.165) is 77.0 Å². The fourth-order valence-corrected chi connectivity index (χ4v) is 10.1. The Bertz CT molecular complexity index is 1500. The number of amides is 1. The van der Waals surface area contributed by atoms with Crippen LogP contribution < -0.4 is 10.2 Å². The number of nitrogens with zero attached hydrogens (tertiary/aromatic N) is 1. The first-order valence-electron chi connectivity index (χ1n) is 32.6. The molecule has 450 valence electrons. The van der Waals surface area contributed by atoms with Gasteiger partial charge in [-0.2, -0.15) is 0 Å². The first-order chi connectivity index (χ1) is 37.4. The van der Waals surface area contributed by atoms with Crippen LogP contribution in [-0.4, -0.2) is 69.4 Å². The maximum absolute atomic E-state index is 13.5. The van der Waals surface area contributed by atoms with Crippen molar-refractivity contribution in [2.45, 2.75) is 315 Å². The van der Waals surface area contributed by atoms with Crippen molar-refractivity contribution >= 4 is 19.7 Å². The van der Waals surface area contributed by atoms with E-state index in [2.05, 4.69) is 74.7 Å². The molecule has 9 nitrogen and oxygen atoms in total. The number of phosphoric acid groups is 1. The van der Waals surface area contributed by atoms with Gasteiger partial charge in [0.05, 0.1) is 33.8 Å². The van der Waals surface area contributed by atoms with Crippen molar-refractivity contribution in [1.82, 2.24) is 5.32 Å². The number of likely N-dealkylation sites (N-methyl/N-ethyl adjacent to an activating group) is 1. The number of nitrogens with one attached hydrogen (secondary N) is 1. The van der Waals surface area contributed by atoms with E-state index in [1.54, 1.807) is 0 Å². The number of esters is 1. The summed E-state index contributed by atoms with van der Waals surface area (Å²) in [6.45, 7) is 6.82. The molecular weight excluding hydrogens is 976 g/mol. The number of unbranched alkanes of at least 4 members (excludes halogenated alkanes) is 35. The zero-order valence-electron chi connectivity index (χ0n) is 51.4. The Morgan fingerprint density at radius 2 is 0.792 bits per heavy atom. The van der Waals surface area contributed by atoms with Crippen LogP contribution in [-0.2, 0) is 27.9 Å². The van der Waals surface area contributed by atoms with Gasteiger partial charge in [0.25, 0.3) is 7.82 Å². The number of carbonyl (C=O) groups excluding carboxylic acids is 2. The maximum Gasteiger partial charge on any atom is 0.306 e. The van der Waals surface area contributed by atoms with Crippen molar-refractivity contribution in [3.8, 4) is 0 Å². The van der Waals surface area contributed by atoms with Crippen LogP contribution in [0.15, 0.2) is 60.8 Å². The van der Waals surface area contributed by atoms with Crippen molar-refractivity contribution in [3.63, 3.8) is 0 Å². The van der Waals surface area contributed by atoms with Gasteiger partial charge in [0.1, 0.15) is 19.3 Å². The minimum Gasteiger partial charge on any atom is -0.756 e. The molecule has 0 aromatic heterocycles. The molecule has 0 aromatic carbocycles. The number of hydrogen-bond acceptors (Lipinski definition) is 7.